The molecule has 0 aliphatic carbocycles. The number of anilines is 2. The average molecular weight is 325 g/mol. The van der Waals surface area contributed by atoms with E-state index in [4.69, 9.17) is 5.73 Å². The van der Waals surface area contributed by atoms with Crippen LogP contribution in [0.4, 0.5) is 10.9 Å². The van der Waals surface area contributed by atoms with Gasteiger partial charge < -0.3 is 16.0 Å². The topological polar surface area (TPSA) is 84.1 Å². The highest BCUT2D eigenvalue weighted by Gasteiger charge is 2.17. The lowest BCUT2D eigenvalue weighted by Crippen LogP contribution is -2.25. The highest BCUT2D eigenvalue weighted by atomic mass is 32.1. The number of hydrogen-bond acceptors (Lipinski definition) is 7. The summed E-state index contributed by atoms with van der Waals surface area (Å²) in [6.45, 7) is 3.53. The van der Waals surface area contributed by atoms with Crippen LogP contribution in [0, 0.1) is 0 Å². The summed E-state index contributed by atoms with van der Waals surface area (Å²) in [5.41, 5.74) is 8.62. The Kier molecular flexibility index (Phi) is 5.51. The highest BCUT2D eigenvalue weighted by molar-refractivity contribution is 7.18. The van der Waals surface area contributed by atoms with Gasteiger partial charge in [-0.3, -0.25) is 4.79 Å². The lowest BCUT2D eigenvalue weighted by Gasteiger charge is -2.13. The monoisotopic (exact) mass is 325 g/mol. The summed E-state index contributed by atoms with van der Waals surface area (Å²) in [6, 6.07) is 0. The maximum atomic E-state index is 12.1. The predicted octanol–water partition coefficient (Wildman–Crippen LogP) is 2.00. The lowest BCUT2D eigenvalue weighted by molar-refractivity contribution is 0.0959. The van der Waals surface area contributed by atoms with Gasteiger partial charge in [-0.05, 0) is 6.42 Å². The Morgan fingerprint density at radius 2 is 2.33 bits per heavy atom. The van der Waals surface area contributed by atoms with E-state index in [1.54, 1.807) is 16.8 Å². The SMILES string of the molecule is CCCN(C)c1nc(N)c(C(=O)NCCc2cscn2)s1. The average Bonchev–Trinajstić information content (AvgIpc) is 3.08. The van der Waals surface area contributed by atoms with E-state index >= 15 is 0 Å². The summed E-state index contributed by atoms with van der Waals surface area (Å²) < 4.78 is 0. The molecule has 2 aromatic rings. The molecule has 0 aromatic carbocycles. The molecule has 2 rings (SSSR count). The van der Waals surface area contributed by atoms with E-state index in [9.17, 15) is 4.79 Å². The van der Waals surface area contributed by atoms with Crippen LogP contribution >= 0.6 is 22.7 Å². The summed E-state index contributed by atoms with van der Waals surface area (Å²) in [4.78, 5) is 23.1. The van der Waals surface area contributed by atoms with Gasteiger partial charge in [-0.2, -0.15) is 0 Å². The van der Waals surface area contributed by atoms with Gasteiger partial charge in [0.25, 0.3) is 5.91 Å². The van der Waals surface area contributed by atoms with E-state index in [0.717, 1.165) is 30.2 Å². The van der Waals surface area contributed by atoms with Gasteiger partial charge in [0.15, 0.2) is 5.13 Å². The van der Waals surface area contributed by atoms with Crippen LogP contribution < -0.4 is 16.0 Å². The van der Waals surface area contributed by atoms with Crippen molar-refractivity contribution in [1.29, 1.82) is 0 Å². The normalized spacial score (nSPS) is 10.6. The number of aromatic nitrogens is 2. The lowest BCUT2D eigenvalue weighted by atomic mass is 10.3. The van der Waals surface area contributed by atoms with Crippen molar-refractivity contribution in [3.63, 3.8) is 0 Å². The molecule has 0 radical (unpaired) electrons. The van der Waals surface area contributed by atoms with Crippen molar-refractivity contribution in [3.8, 4) is 0 Å². The molecule has 0 saturated heterocycles. The minimum Gasteiger partial charge on any atom is -0.382 e. The Morgan fingerprint density at radius 3 is 3.00 bits per heavy atom. The first-order chi connectivity index (χ1) is 10.1. The third-order valence-corrected chi connectivity index (χ3v) is 4.70. The number of nitrogens with zero attached hydrogens (tertiary/aromatic N) is 3. The number of nitrogens with two attached hydrogens (primary N) is 1. The molecule has 21 heavy (non-hydrogen) atoms. The first-order valence-corrected chi connectivity index (χ1v) is 8.50. The summed E-state index contributed by atoms with van der Waals surface area (Å²) in [5, 5.41) is 5.61. The fourth-order valence-corrected chi connectivity index (χ4v) is 3.30. The molecule has 2 heterocycles. The van der Waals surface area contributed by atoms with Gasteiger partial charge in [0.2, 0.25) is 0 Å². The van der Waals surface area contributed by atoms with Crippen LogP contribution in [0.2, 0.25) is 0 Å². The fraction of sp³-hybridized carbons (Fsp3) is 0.462. The van der Waals surface area contributed by atoms with Crippen LogP contribution in [0.3, 0.4) is 0 Å². The van der Waals surface area contributed by atoms with Crippen molar-refractivity contribution in [2.24, 2.45) is 0 Å². The second kappa shape index (κ2) is 7.37. The predicted molar refractivity (Wildman–Crippen MR) is 88.2 cm³/mol. The first kappa shape index (κ1) is 15.7. The van der Waals surface area contributed by atoms with E-state index in [1.807, 2.05) is 17.3 Å². The van der Waals surface area contributed by atoms with E-state index in [0.29, 0.717) is 17.2 Å². The molecule has 0 unspecified atom stereocenters. The molecule has 0 saturated carbocycles. The molecular formula is C13H19N5OS2. The highest BCUT2D eigenvalue weighted by Crippen LogP contribution is 2.27. The number of nitrogens with one attached hydrogen (secondary N) is 1. The largest absolute Gasteiger partial charge is 0.382 e. The number of thiazole rings is 2. The summed E-state index contributed by atoms with van der Waals surface area (Å²) in [5.74, 6) is 0.125. The zero-order chi connectivity index (χ0) is 15.2. The van der Waals surface area contributed by atoms with Gasteiger partial charge in [-0.1, -0.05) is 18.3 Å². The molecule has 114 valence electrons. The van der Waals surface area contributed by atoms with Crippen LogP contribution in [0.25, 0.3) is 0 Å². The zero-order valence-corrected chi connectivity index (χ0v) is 13.8. The van der Waals surface area contributed by atoms with Gasteiger partial charge in [-0.15, -0.1) is 11.3 Å². The molecule has 0 fully saturated rings. The number of carbonyl (C=O) groups is 1. The van der Waals surface area contributed by atoms with Crippen molar-refractivity contribution in [2.45, 2.75) is 19.8 Å². The summed E-state index contributed by atoms with van der Waals surface area (Å²) in [6.07, 6.45) is 1.74. The Hall–Kier alpha value is -1.67. The zero-order valence-electron chi connectivity index (χ0n) is 12.1. The molecule has 2 aromatic heterocycles. The standard InChI is InChI=1S/C13H19N5OS2/c1-3-6-18(2)13-17-11(14)10(21-13)12(19)15-5-4-9-7-20-8-16-9/h7-8H,3-6,14H2,1-2H3,(H,15,19). The van der Waals surface area contributed by atoms with Crippen molar-refractivity contribution < 1.29 is 4.79 Å². The number of rotatable bonds is 7. The first-order valence-electron chi connectivity index (χ1n) is 6.74. The van der Waals surface area contributed by atoms with Crippen LogP contribution in [-0.2, 0) is 6.42 Å². The van der Waals surface area contributed by atoms with Gasteiger partial charge in [0, 0.05) is 31.9 Å². The minimum atomic E-state index is -0.170. The Balaban J connectivity index is 1.92. The van der Waals surface area contributed by atoms with Crippen molar-refractivity contribution in [3.05, 3.63) is 21.5 Å². The second-order valence-corrected chi connectivity index (χ2v) is 6.31. The summed E-state index contributed by atoms with van der Waals surface area (Å²) in [7, 11) is 1.95. The molecule has 8 heteroatoms. The molecule has 0 aliphatic heterocycles. The molecule has 1 amide bonds. The van der Waals surface area contributed by atoms with Crippen LogP contribution in [0.15, 0.2) is 10.9 Å². The Labute approximate surface area is 132 Å². The second-order valence-electron chi connectivity index (χ2n) is 4.62. The minimum absolute atomic E-state index is 0.170. The van der Waals surface area contributed by atoms with Gasteiger partial charge in [0.05, 0.1) is 11.2 Å². The van der Waals surface area contributed by atoms with Crippen LogP contribution in [0.5, 0.6) is 0 Å². The Morgan fingerprint density at radius 1 is 1.52 bits per heavy atom. The van der Waals surface area contributed by atoms with E-state index in [2.05, 4.69) is 22.2 Å². The number of amides is 1. The van der Waals surface area contributed by atoms with Gasteiger partial charge in [0.1, 0.15) is 10.7 Å². The number of carbonyl (C=O) groups excluding carboxylic acids is 1. The fourth-order valence-electron chi connectivity index (χ4n) is 1.82. The summed E-state index contributed by atoms with van der Waals surface area (Å²) >= 11 is 2.88. The molecular weight excluding hydrogens is 306 g/mol. The maximum absolute atomic E-state index is 12.1. The van der Waals surface area contributed by atoms with Gasteiger partial charge >= 0.3 is 0 Å². The quantitative estimate of drug-likeness (QED) is 0.813. The van der Waals surface area contributed by atoms with Gasteiger partial charge in [-0.25, -0.2) is 9.97 Å². The Bertz CT molecular complexity index is 581. The molecule has 6 nitrogen and oxygen atoms in total. The van der Waals surface area contributed by atoms with Crippen LogP contribution in [-0.4, -0.2) is 36.0 Å². The third-order valence-electron chi connectivity index (χ3n) is 2.88. The van der Waals surface area contributed by atoms with E-state index in [-0.39, 0.29) is 5.91 Å². The van der Waals surface area contributed by atoms with Crippen molar-refractivity contribution in [2.75, 3.05) is 30.8 Å². The smallest absolute Gasteiger partial charge is 0.265 e. The molecule has 0 bridgehead atoms. The van der Waals surface area contributed by atoms with E-state index in [1.165, 1.54) is 11.3 Å². The van der Waals surface area contributed by atoms with Crippen molar-refractivity contribution in [1.82, 2.24) is 15.3 Å². The van der Waals surface area contributed by atoms with Crippen LogP contribution in [0.1, 0.15) is 28.7 Å². The molecule has 0 atom stereocenters. The molecule has 0 spiro atoms. The van der Waals surface area contributed by atoms with Crippen molar-refractivity contribution >= 4 is 39.5 Å². The maximum Gasteiger partial charge on any atom is 0.265 e. The van der Waals surface area contributed by atoms with E-state index < -0.39 is 0 Å². The number of hydrogen-bond donors (Lipinski definition) is 2. The molecule has 0 aliphatic rings. The molecule has 3 N–H and O–H groups in total. The number of nitrogen functional groups attached to an aromatic ring is 1. The third kappa shape index (κ3) is 4.15.